The number of hydrogen-bond donors (Lipinski definition) is 1. The van der Waals surface area contributed by atoms with Gasteiger partial charge in [-0.3, -0.25) is 4.98 Å². The Hall–Kier alpha value is -1.27. The zero-order valence-electron chi connectivity index (χ0n) is 9.93. The van der Waals surface area contributed by atoms with E-state index in [2.05, 4.69) is 4.98 Å². The van der Waals surface area contributed by atoms with Crippen molar-refractivity contribution in [2.75, 3.05) is 12.3 Å². The predicted molar refractivity (Wildman–Crippen MR) is 65.9 cm³/mol. The molecule has 6 heteroatoms. The van der Waals surface area contributed by atoms with E-state index in [0.717, 1.165) is 6.08 Å². The molecule has 0 aromatic carbocycles. The van der Waals surface area contributed by atoms with Gasteiger partial charge in [0, 0.05) is 18.9 Å². The maximum atomic E-state index is 13.0. The lowest BCUT2D eigenvalue weighted by atomic mass is 10.5. The minimum Gasteiger partial charge on any atom is -0.327 e. The van der Waals surface area contributed by atoms with Crippen molar-refractivity contribution in [3.8, 4) is 0 Å². The molecule has 0 fully saturated rings. The number of pyridine rings is 1. The average molecular weight is 260 g/mol. The van der Waals surface area contributed by atoms with Gasteiger partial charge in [0.05, 0.1) is 4.90 Å². The van der Waals surface area contributed by atoms with E-state index in [0.29, 0.717) is 0 Å². The van der Waals surface area contributed by atoms with Crippen LogP contribution in [-0.2, 0) is 9.84 Å². The SMILES string of the molecule is CC.NC/C=C(\F)CS(=O)(=O)c1ccncc1. The third-order valence-electron chi connectivity index (χ3n) is 1.68. The van der Waals surface area contributed by atoms with Crippen LogP contribution < -0.4 is 5.73 Å². The Kier molecular flexibility index (Phi) is 7.32. The second-order valence-electron chi connectivity index (χ2n) is 2.83. The van der Waals surface area contributed by atoms with Gasteiger partial charge in [-0.05, 0) is 18.2 Å². The molecular weight excluding hydrogens is 243 g/mol. The topological polar surface area (TPSA) is 73.1 Å². The first-order valence-corrected chi connectivity index (χ1v) is 6.89. The van der Waals surface area contributed by atoms with E-state index < -0.39 is 21.4 Å². The van der Waals surface area contributed by atoms with Crippen LogP contribution in [0, 0.1) is 0 Å². The number of hydrogen-bond acceptors (Lipinski definition) is 4. The summed E-state index contributed by atoms with van der Waals surface area (Å²) < 4.78 is 36.1. The van der Waals surface area contributed by atoms with Crippen LogP contribution in [0.15, 0.2) is 41.3 Å². The highest BCUT2D eigenvalue weighted by atomic mass is 32.2. The summed E-state index contributed by atoms with van der Waals surface area (Å²) in [7, 11) is -3.62. The van der Waals surface area contributed by atoms with Gasteiger partial charge in [0.15, 0.2) is 9.84 Å². The second kappa shape index (κ2) is 7.92. The predicted octanol–water partition coefficient (Wildman–Crippen LogP) is 1.69. The second-order valence-corrected chi connectivity index (χ2v) is 4.82. The molecule has 0 atom stereocenters. The molecule has 0 aliphatic rings. The lowest BCUT2D eigenvalue weighted by Gasteiger charge is -2.01. The van der Waals surface area contributed by atoms with E-state index in [1.807, 2.05) is 13.8 Å². The summed E-state index contributed by atoms with van der Waals surface area (Å²) >= 11 is 0. The zero-order valence-corrected chi connectivity index (χ0v) is 10.7. The summed E-state index contributed by atoms with van der Waals surface area (Å²) in [5.41, 5.74) is 5.07. The summed E-state index contributed by atoms with van der Waals surface area (Å²) in [6.07, 6.45) is 3.73. The summed E-state index contributed by atoms with van der Waals surface area (Å²) in [4.78, 5) is 3.74. The third-order valence-corrected chi connectivity index (χ3v) is 3.32. The molecule has 0 amide bonds. The van der Waals surface area contributed by atoms with Crippen LogP contribution in [-0.4, -0.2) is 25.7 Å². The molecule has 0 saturated heterocycles. The largest absolute Gasteiger partial charge is 0.327 e. The molecule has 0 saturated carbocycles. The highest BCUT2D eigenvalue weighted by Crippen LogP contribution is 2.12. The standard InChI is InChI=1S/C9H11FN2O2S.C2H6/c10-8(1-4-11)7-15(13,14)9-2-5-12-6-3-9;1-2/h1-3,5-6H,4,7,11H2;1-2H3/b8-1-;. The Morgan fingerprint density at radius 2 is 1.94 bits per heavy atom. The minimum absolute atomic E-state index is 0.0162. The molecule has 1 aromatic heterocycles. The van der Waals surface area contributed by atoms with Gasteiger partial charge in [-0.15, -0.1) is 0 Å². The molecule has 0 spiro atoms. The van der Waals surface area contributed by atoms with Crippen LogP contribution in [0.2, 0.25) is 0 Å². The van der Waals surface area contributed by atoms with E-state index in [4.69, 9.17) is 5.73 Å². The molecule has 0 bridgehead atoms. The first kappa shape index (κ1) is 15.7. The Balaban J connectivity index is 0.00000121. The molecule has 1 aromatic rings. The maximum absolute atomic E-state index is 13.0. The smallest absolute Gasteiger partial charge is 0.184 e. The molecule has 1 heterocycles. The van der Waals surface area contributed by atoms with Crippen LogP contribution in [0.5, 0.6) is 0 Å². The third kappa shape index (κ3) is 5.55. The lowest BCUT2D eigenvalue weighted by molar-refractivity contribution is 0.583. The van der Waals surface area contributed by atoms with Crippen molar-refractivity contribution in [2.24, 2.45) is 5.73 Å². The number of nitrogens with two attached hydrogens (primary N) is 1. The van der Waals surface area contributed by atoms with E-state index >= 15 is 0 Å². The molecular formula is C11H17FN2O2S. The van der Waals surface area contributed by atoms with Gasteiger partial charge in [-0.1, -0.05) is 13.8 Å². The Morgan fingerprint density at radius 1 is 1.41 bits per heavy atom. The fourth-order valence-corrected chi connectivity index (χ4v) is 2.18. The highest BCUT2D eigenvalue weighted by Gasteiger charge is 2.16. The normalized spacial score (nSPS) is 11.6. The zero-order chi connectivity index (χ0) is 13.3. The van der Waals surface area contributed by atoms with Crippen molar-refractivity contribution in [1.29, 1.82) is 0 Å². The maximum Gasteiger partial charge on any atom is 0.184 e. The molecule has 1 rings (SSSR count). The van der Waals surface area contributed by atoms with Crippen molar-refractivity contribution in [3.05, 3.63) is 36.4 Å². The number of aromatic nitrogens is 1. The molecule has 2 N–H and O–H groups in total. The summed E-state index contributed by atoms with van der Waals surface area (Å²) in [6, 6.07) is 2.65. The lowest BCUT2D eigenvalue weighted by Crippen LogP contribution is -2.08. The van der Waals surface area contributed by atoms with Crippen LogP contribution >= 0.6 is 0 Å². The molecule has 4 nitrogen and oxygen atoms in total. The number of rotatable bonds is 4. The van der Waals surface area contributed by atoms with E-state index in [9.17, 15) is 12.8 Å². The van der Waals surface area contributed by atoms with Crippen molar-refractivity contribution < 1.29 is 12.8 Å². The van der Waals surface area contributed by atoms with Gasteiger partial charge in [-0.25, -0.2) is 12.8 Å². The average Bonchev–Trinajstić information content (AvgIpc) is 2.32. The Labute approximate surface area is 101 Å². The van der Waals surface area contributed by atoms with Crippen LogP contribution in [0.4, 0.5) is 4.39 Å². The van der Waals surface area contributed by atoms with Gasteiger partial charge >= 0.3 is 0 Å². The van der Waals surface area contributed by atoms with Crippen molar-refractivity contribution in [2.45, 2.75) is 18.7 Å². The van der Waals surface area contributed by atoms with Crippen LogP contribution in [0.25, 0.3) is 0 Å². The minimum atomic E-state index is -3.62. The van der Waals surface area contributed by atoms with E-state index in [1.165, 1.54) is 24.5 Å². The van der Waals surface area contributed by atoms with Gasteiger partial charge in [0.25, 0.3) is 0 Å². The van der Waals surface area contributed by atoms with Crippen molar-refractivity contribution >= 4 is 9.84 Å². The Morgan fingerprint density at radius 3 is 2.41 bits per heavy atom. The van der Waals surface area contributed by atoms with E-state index in [1.54, 1.807) is 0 Å². The number of halogens is 1. The van der Waals surface area contributed by atoms with Gasteiger partial charge in [0.2, 0.25) is 0 Å². The van der Waals surface area contributed by atoms with E-state index in [-0.39, 0.29) is 11.4 Å². The highest BCUT2D eigenvalue weighted by molar-refractivity contribution is 7.91. The monoisotopic (exact) mass is 260 g/mol. The van der Waals surface area contributed by atoms with Gasteiger partial charge < -0.3 is 5.73 Å². The summed E-state index contributed by atoms with van der Waals surface area (Å²) in [5, 5.41) is 0. The number of sulfone groups is 1. The quantitative estimate of drug-likeness (QED) is 0.894. The van der Waals surface area contributed by atoms with Gasteiger partial charge in [0.1, 0.15) is 11.6 Å². The van der Waals surface area contributed by atoms with Crippen molar-refractivity contribution in [3.63, 3.8) is 0 Å². The van der Waals surface area contributed by atoms with Crippen LogP contribution in [0.3, 0.4) is 0 Å². The fourth-order valence-electron chi connectivity index (χ4n) is 0.997. The number of nitrogens with zero attached hydrogens (tertiary/aromatic N) is 1. The molecule has 0 aliphatic carbocycles. The first-order chi connectivity index (χ1) is 8.06. The van der Waals surface area contributed by atoms with Crippen LogP contribution in [0.1, 0.15) is 13.8 Å². The molecule has 96 valence electrons. The molecule has 17 heavy (non-hydrogen) atoms. The summed E-state index contributed by atoms with van der Waals surface area (Å²) in [6.45, 7) is 3.98. The first-order valence-electron chi connectivity index (χ1n) is 5.23. The summed E-state index contributed by atoms with van der Waals surface area (Å²) in [5.74, 6) is -1.40. The fraction of sp³-hybridized carbons (Fsp3) is 0.364. The Bertz CT molecular complexity index is 444. The molecule has 0 unspecified atom stereocenters. The molecule has 0 aliphatic heterocycles. The molecule has 0 radical (unpaired) electrons. The van der Waals surface area contributed by atoms with Gasteiger partial charge in [-0.2, -0.15) is 0 Å². The van der Waals surface area contributed by atoms with Crippen molar-refractivity contribution in [1.82, 2.24) is 4.98 Å².